The lowest BCUT2D eigenvalue weighted by Gasteiger charge is -2.16. The van der Waals surface area contributed by atoms with Crippen molar-refractivity contribution in [1.82, 2.24) is 0 Å². The Morgan fingerprint density at radius 3 is 2.65 bits per heavy atom. The third-order valence-electron chi connectivity index (χ3n) is 4.84. The van der Waals surface area contributed by atoms with E-state index in [9.17, 15) is 14.7 Å². The molecule has 2 aromatic carbocycles. The second-order valence-corrected chi connectivity index (χ2v) is 6.46. The van der Waals surface area contributed by atoms with Crippen molar-refractivity contribution in [2.24, 2.45) is 0 Å². The molecule has 3 aromatic rings. The van der Waals surface area contributed by atoms with Crippen LogP contribution >= 0.6 is 0 Å². The van der Waals surface area contributed by atoms with Gasteiger partial charge < -0.3 is 14.3 Å². The highest BCUT2D eigenvalue weighted by Crippen LogP contribution is 2.29. The Morgan fingerprint density at radius 2 is 1.85 bits per heavy atom. The summed E-state index contributed by atoms with van der Waals surface area (Å²) in [6, 6.07) is 12.2. The average molecular weight is 350 g/mol. The lowest BCUT2D eigenvalue weighted by molar-refractivity contribution is 0.0694. The Morgan fingerprint density at radius 1 is 1.08 bits per heavy atom. The minimum Gasteiger partial charge on any atom is -0.489 e. The lowest BCUT2D eigenvalue weighted by Crippen LogP contribution is -2.15. The Hall–Kier alpha value is -3.08. The van der Waals surface area contributed by atoms with E-state index in [1.807, 2.05) is 12.1 Å². The number of fused-ring (bicyclic) bond motifs is 3. The van der Waals surface area contributed by atoms with Crippen LogP contribution in [-0.4, -0.2) is 11.1 Å². The van der Waals surface area contributed by atoms with Crippen LogP contribution in [0, 0.1) is 0 Å². The fraction of sp³-hybridized carbons (Fsp3) is 0.238. The van der Waals surface area contributed by atoms with E-state index in [0.29, 0.717) is 16.9 Å². The normalized spacial score (nSPS) is 13.4. The molecular formula is C21H18O5. The maximum atomic E-state index is 12.2. The topological polar surface area (TPSA) is 76.7 Å². The predicted molar refractivity (Wildman–Crippen MR) is 96.9 cm³/mol. The van der Waals surface area contributed by atoms with Gasteiger partial charge in [-0.25, -0.2) is 9.59 Å². The quantitative estimate of drug-likeness (QED) is 0.721. The number of rotatable bonds is 4. The number of hydrogen-bond acceptors (Lipinski definition) is 4. The Balaban J connectivity index is 1.65. The molecule has 1 aromatic heterocycles. The van der Waals surface area contributed by atoms with Gasteiger partial charge in [0, 0.05) is 22.6 Å². The first kappa shape index (κ1) is 16.4. The van der Waals surface area contributed by atoms with E-state index in [2.05, 4.69) is 0 Å². The smallest absolute Gasteiger partial charge is 0.339 e. The molecule has 0 spiro atoms. The number of carboxylic acid groups (broad SMARTS) is 1. The molecule has 1 heterocycles. The van der Waals surface area contributed by atoms with Crippen LogP contribution in [0.1, 0.15) is 39.9 Å². The van der Waals surface area contributed by atoms with Crippen molar-refractivity contribution in [3.63, 3.8) is 0 Å². The Kier molecular flexibility index (Phi) is 4.21. The lowest BCUT2D eigenvalue weighted by atomic mass is 9.91. The van der Waals surface area contributed by atoms with E-state index in [0.717, 1.165) is 42.2 Å². The van der Waals surface area contributed by atoms with Crippen molar-refractivity contribution in [1.29, 1.82) is 0 Å². The van der Waals surface area contributed by atoms with Crippen molar-refractivity contribution in [2.45, 2.75) is 32.3 Å². The van der Waals surface area contributed by atoms with Crippen molar-refractivity contribution < 1.29 is 19.1 Å². The molecule has 0 aliphatic heterocycles. The van der Waals surface area contributed by atoms with Crippen LogP contribution in [-0.2, 0) is 19.4 Å². The number of ether oxygens (including phenoxy) is 1. The SMILES string of the molecule is O=C(O)c1ccccc1COc1ccc2c3c(c(=O)oc2c1)CCCC3. The van der Waals surface area contributed by atoms with Gasteiger partial charge in [-0.15, -0.1) is 0 Å². The zero-order chi connectivity index (χ0) is 18.1. The minimum atomic E-state index is -0.986. The van der Waals surface area contributed by atoms with E-state index in [-0.39, 0.29) is 17.8 Å². The van der Waals surface area contributed by atoms with Gasteiger partial charge in [0.05, 0.1) is 5.56 Å². The van der Waals surface area contributed by atoms with Crippen LogP contribution < -0.4 is 10.4 Å². The molecule has 0 unspecified atom stereocenters. The average Bonchev–Trinajstić information content (AvgIpc) is 2.66. The van der Waals surface area contributed by atoms with Gasteiger partial charge in [-0.1, -0.05) is 18.2 Å². The Labute approximate surface area is 149 Å². The number of carboxylic acids is 1. The highest BCUT2D eigenvalue weighted by Gasteiger charge is 2.18. The molecule has 0 bridgehead atoms. The molecule has 0 saturated carbocycles. The van der Waals surface area contributed by atoms with Gasteiger partial charge in [-0.2, -0.15) is 0 Å². The molecule has 0 fully saturated rings. The van der Waals surface area contributed by atoms with E-state index in [4.69, 9.17) is 9.15 Å². The van der Waals surface area contributed by atoms with Gasteiger partial charge in [0.15, 0.2) is 0 Å². The maximum absolute atomic E-state index is 12.2. The molecule has 26 heavy (non-hydrogen) atoms. The largest absolute Gasteiger partial charge is 0.489 e. The summed E-state index contributed by atoms with van der Waals surface area (Å²) < 4.78 is 11.2. The van der Waals surface area contributed by atoms with Gasteiger partial charge in [0.1, 0.15) is 17.9 Å². The second kappa shape index (κ2) is 6.67. The number of benzene rings is 2. The molecule has 5 heteroatoms. The second-order valence-electron chi connectivity index (χ2n) is 6.46. The van der Waals surface area contributed by atoms with E-state index >= 15 is 0 Å². The Bertz CT molecular complexity index is 1050. The molecule has 1 N–H and O–H groups in total. The van der Waals surface area contributed by atoms with Gasteiger partial charge in [-0.3, -0.25) is 0 Å². The number of aromatic carboxylic acids is 1. The molecule has 1 aliphatic carbocycles. The van der Waals surface area contributed by atoms with Gasteiger partial charge in [0.25, 0.3) is 0 Å². The molecule has 132 valence electrons. The predicted octanol–water partition coefficient (Wildman–Crippen LogP) is 3.95. The van der Waals surface area contributed by atoms with Crippen LogP contribution in [0.25, 0.3) is 11.0 Å². The molecule has 0 amide bonds. The van der Waals surface area contributed by atoms with Crippen molar-refractivity contribution in [2.75, 3.05) is 0 Å². The van der Waals surface area contributed by atoms with Crippen LogP contribution in [0.5, 0.6) is 5.75 Å². The molecule has 4 rings (SSSR count). The number of carbonyl (C=O) groups is 1. The molecule has 1 aliphatic rings. The van der Waals surface area contributed by atoms with Crippen LogP contribution in [0.15, 0.2) is 51.7 Å². The van der Waals surface area contributed by atoms with E-state index in [1.165, 1.54) is 0 Å². The first-order valence-corrected chi connectivity index (χ1v) is 8.66. The van der Waals surface area contributed by atoms with Crippen molar-refractivity contribution in [3.8, 4) is 5.75 Å². The number of hydrogen-bond donors (Lipinski definition) is 1. The van der Waals surface area contributed by atoms with Crippen molar-refractivity contribution in [3.05, 3.63) is 75.1 Å². The summed E-state index contributed by atoms with van der Waals surface area (Å²) >= 11 is 0. The standard InChI is InChI=1S/C21H18O5/c22-20(23)15-6-2-1-5-13(15)12-25-14-9-10-17-16-7-3-4-8-18(16)21(24)26-19(17)11-14/h1-2,5-6,9-11H,3-4,7-8,12H2,(H,22,23). The first-order valence-electron chi connectivity index (χ1n) is 8.66. The van der Waals surface area contributed by atoms with Gasteiger partial charge in [0.2, 0.25) is 0 Å². The van der Waals surface area contributed by atoms with Gasteiger partial charge in [-0.05, 0) is 49.4 Å². The van der Waals surface area contributed by atoms with Crippen LogP contribution in [0.3, 0.4) is 0 Å². The zero-order valence-electron chi connectivity index (χ0n) is 14.2. The highest BCUT2D eigenvalue weighted by atomic mass is 16.5. The molecular weight excluding hydrogens is 332 g/mol. The van der Waals surface area contributed by atoms with Crippen molar-refractivity contribution >= 4 is 16.9 Å². The highest BCUT2D eigenvalue weighted by molar-refractivity contribution is 5.89. The summed E-state index contributed by atoms with van der Waals surface area (Å²) in [5.74, 6) is -0.447. The third kappa shape index (κ3) is 2.96. The molecule has 0 radical (unpaired) electrons. The summed E-state index contributed by atoms with van der Waals surface area (Å²) in [4.78, 5) is 23.5. The van der Waals surface area contributed by atoms with E-state index < -0.39 is 5.97 Å². The molecule has 0 atom stereocenters. The van der Waals surface area contributed by atoms with Gasteiger partial charge >= 0.3 is 11.6 Å². The first-order chi connectivity index (χ1) is 12.6. The number of aryl methyl sites for hydroxylation is 1. The third-order valence-corrected chi connectivity index (χ3v) is 4.84. The van der Waals surface area contributed by atoms with Crippen LogP contribution in [0.4, 0.5) is 0 Å². The fourth-order valence-corrected chi connectivity index (χ4v) is 3.53. The summed E-state index contributed by atoms with van der Waals surface area (Å²) in [5, 5.41) is 10.2. The maximum Gasteiger partial charge on any atom is 0.339 e. The molecule has 0 saturated heterocycles. The summed E-state index contributed by atoms with van der Waals surface area (Å²) in [6.45, 7) is 0.128. The zero-order valence-corrected chi connectivity index (χ0v) is 14.2. The minimum absolute atomic E-state index is 0.128. The summed E-state index contributed by atoms with van der Waals surface area (Å²) in [5.41, 5.74) is 2.94. The summed E-state index contributed by atoms with van der Waals surface area (Å²) in [7, 11) is 0. The van der Waals surface area contributed by atoms with Crippen LogP contribution in [0.2, 0.25) is 0 Å². The monoisotopic (exact) mass is 350 g/mol. The molecule has 5 nitrogen and oxygen atoms in total. The van der Waals surface area contributed by atoms with E-state index in [1.54, 1.807) is 30.3 Å². The summed E-state index contributed by atoms with van der Waals surface area (Å²) in [6.07, 6.45) is 3.77. The fourth-order valence-electron chi connectivity index (χ4n) is 3.53.